The fraction of sp³-hybridized carbons (Fsp3) is 0.538. The molecule has 0 aromatic heterocycles. The maximum absolute atomic E-state index is 13.1. The molecule has 0 aliphatic heterocycles. The topological polar surface area (TPSA) is 44.8 Å². The van der Waals surface area contributed by atoms with Crippen LogP contribution in [0.2, 0.25) is 0 Å². The first-order valence-corrected chi connectivity index (χ1v) is 19.1. The quantitative estimate of drug-likeness (QED) is 0.0537. The second kappa shape index (κ2) is 21.5. The van der Waals surface area contributed by atoms with Crippen LogP contribution >= 0.6 is 7.60 Å². The van der Waals surface area contributed by atoms with Gasteiger partial charge in [-0.1, -0.05) is 169 Å². The average molecular weight is 621 g/mol. The van der Waals surface area contributed by atoms with Crippen molar-refractivity contribution in [2.45, 2.75) is 109 Å². The second-order valence-electron chi connectivity index (χ2n) is 11.9. The summed E-state index contributed by atoms with van der Waals surface area (Å²) in [6.07, 6.45) is 16.3. The van der Waals surface area contributed by atoms with Crippen LogP contribution in [-0.2, 0) is 24.0 Å². The first-order chi connectivity index (χ1) is 21.6. The number of hydrogen-bond donors (Lipinski definition) is 0. The molecule has 0 spiro atoms. The number of unbranched alkanes of at least 4 members (excludes halogenated alkanes) is 11. The molecule has 0 amide bonds. The minimum atomic E-state index is -2.93. The lowest BCUT2D eigenvalue weighted by atomic mass is 9.80. The second-order valence-corrected chi connectivity index (χ2v) is 14.1. The summed E-state index contributed by atoms with van der Waals surface area (Å²) in [6.45, 7) is 6.04. The molecule has 242 valence electrons. The van der Waals surface area contributed by atoms with Crippen molar-refractivity contribution < 1.29 is 18.3 Å². The predicted molar refractivity (Wildman–Crippen MR) is 186 cm³/mol. The van der Waals surface area contributed by atoms with E-state index >= 15 is 0 Å². The zero-order valence-electron chi connectivity index (χ0n) is 27.5. The van der Waals surface area contributed by atoms with E-state index in [0.717, 1.165) is 61.6 Å². The van der Waals surface area contributed by atoms with Gasteiger partial charge in [0.1, 0.15) is 5.60 Å². The Morgan fingerprint density at radius 3 is 1.23 bits per heavy atom. The molecule has 3 rings (SSSR count). The molecule has 0 N–H and O–H groups in total. The van der Waals surface area contributed by atoms with Crippen LogP contribution < -0.4 is 0 Å². The number of rotatable bonds is 25. The van der Waals surface area contributed by atoms with E-state index < -0.39 is 13.2 Å². The third-order valence-electron chi connectivity index (χ3n) is 8.26. The van der Waals surface area contributed by atoms with E-state index in [4.69, 9.17) is 13.8 Å². The summed E-state index contributed by atoms with van der Waals surface area (Å²) in [4.78, 5) is 0. The Bertz CT molecular complexity index is 1040. The van der Waals surface area contributed by atoms with Gasteiger partial charge in [-0.25, -0.2) is 0 Å². The van der Waals surface area contributed by atoms with E-state index in [1.807, 2.05) is 0 Å². The van der Waals surface area contributed by atoms with E-state index in [9.17, 15) is 4.57 Å². The summed E-state index contributed by atoms with van der Waals surface area (Å²) in [5.41, 5.74) is 2.86. The van der Waals surface area contributed by atoms with Gasteiger partial charge in [0, 0.05) is 6.61 Å². The van der Waals surface area contributed by atoms with Crippen LogP contribution in [0.1, 0.15) is 120 Å². The van der Waals surface area contributed by atoms with Gasteiger partial charge in [-0.15, -0.1) is 0 Å². The van der Waals surface area contributed by atoms with Crippen molar-refractivity contribution in [1.29, 1.82) is 0 Å². The Balaban J connectivity index is 1.35. The predicted octanol–water partition coefficient (Wildman–Crippen LogP) is 11.7. The highest BCUT2D eigenvalue weighted by Crippen LogP contribution is 2.49. The number of ether oxygens (including phenoxy) is 1. The van der Waals surface area contributed by atoms with Crippen molar-refractivity contribution >= 4 is 7.60 Å². The lowest BCUT2D eigenvalue weighted by Crippen LogP contribution is -2.33. The van der Waals surface area contributed by atoms with E-state index in [1.54, 1.807) is 0 Å². The van der Waals surface area contributed by atoms with Gasteiger partial charge >= 0.3 is 7.60 Å². The van der Waals surface area contributed by atoms with Crippen molar-refractivity contribution in [3.05, 3.63) is 108 Å². The first-order valence-electron chi connectivity index (χ1n) is 17.3. The van der Waals surface area contributed by atoms with Crippen molar-refractivity contribution in [3.63, 3.8) is 0 Å². The summed E-state index contributed by atoms with van der Waals surface area (Å²) in [7, 11) is -2.93. The van der Waals surface area contributed by atoms with Gasteiger partial charge in [0.25, 0.3) is 0 Å². The molecule has 5 heteroatoms. The summed E-state index contributed by atoms with van der Waals surface area (Å²) in [5.74, 6) is 0. The molecule has 44 heavy (non-hydrogen) atoms. The monoisotopic (exact) mass is 620 g/mol. The molecular formula is C39H57O4P. The zero-order valence-corrected chi connectivity index (χ0v) is 28.4. The SMILES string of the molecule is CCCCOP(=O)(CCCCCCCCCCCCOC(c1ccccc1)(c1ccccc1)c1ccccc1)OCCCC. The molecule has 0 unspecified atom stereocenters. The molecule has 0 radical (unpaired) electrons. The van der Waals surface area contributed by atoms with E-state index in [2.05, 4.69) is 105 Å². The third-order valence-corrected chi connectivity index (χ3v) is 10.3. The maximum atomic E-state index is 13.1. The molecular weight excluding hydrogens is 563 g/mol. The molecule has 3 aromatic carbocycles. The van der Waals surface area contributed by atoms with Crippen molar-refractivity contribution in [2.24, 2.45) is 0 Å². The van der Waals surface area contributed by atoms with E-state index in [0.29, 0.717) is 26.0 Å². The molecule has 3 aromatic rings. The van der Waals surface area contributed by atoms with Crippen LogP contribution in [0.3, 0.4) is 0 Å². The van der Waals surface area contributed by atoms with E-state index in [1.165, 1.54) is 44.9 Å². The summed E-state index contributed by atoms with van der Waals surface area (Å²) < 4.78 is 31.4. The minimum absolute atomic E-state index is 0.542. The largest absolute Gasteiger partial charge is 0.361 e. The highest BCUT2D eigenvalue weighted by Gasteiger charge is 2.37. The number of hydrogen-bond acceptors (Lipinski definition) is 4. The summed E-state index contributed by atoms with van der Waals surface area (Å²) in [5, 5.41) is 0. The Labute approximate surface area is 268 Å². The first kappa shape index (κ1) is 36.2. The maximum Gasteiger partial charge on any atom is 0.330 e. The van der Waals surface area contributed by atoms with Crippen molar-refractivity contribution in [1.82, 2.24) is 0 Å². The van der Waals surface area contributed by atoms with Crippen LogP contribution in [0, 0.1) is 0 Å². The summed E-state index contributed by atoms with van der Waals surface area (Å²) >= 11 is 0. The van der Waals surface area contributed by atoms with E-state index in [-0.39, 0.29) is 0 Å². The lowest BCUT2D eigenvalue weighted by molar-refractivity contribution is 0.0106. The van der Waals surface area contributed by atoms with Crippen LogP contribution in [0.5, 0.6) is 0 Å². The van der Waals surface area contributed by atoms with Gasteiger partial charge in [0.15, 0.2) is 0 Å². The standard InChI is InChI=1S/C39H57O4P/c1-3-5-33-42-44(40,43-34-6-4-2)35-25-14-12-10-8-7-9-11-13-24-32-41-39(36-26-18-15-19-27-36,37-28-20-16-21-29-37)38-30-22-17-23-31-38/h15-23,26-31H,3-14,24-25,32-35H2,1-2H3. The molecule has 4 nitrogen and oxygen atoms in total. The van der Waals surface area contributed by atoms with Crippen LogP contribution in [-0.4, -0.2) is 26.0 Å². The molecule has 0 aliphatic rings. The van der Waals surface area contributed by atoms with Crippen LogP contribution in [0.4, 0.5) is 0 Å². The highest BCUT2D eigenvalue weighted by molar-refractivity contribution is 7.53. The van der Waals surface area contributed by atoms with Crippen LogP contribution in [0.25, 0.3) is 0 Å². The normalized spacial score (nSPS) is 12.0. The lowest BCUT2D eigenvalue weighted by Gasteiger charge is -2.36. The number of benzene rings is 3. The molecule has 0 saturated heterocycles. The van der Waals surface area contributed by atoms with Crippen LogP contribution in [0.15, 0.2) is 91.0 Å². The van der Waals surface area contributed by atoms with Crippen molar-refractivity contribution in [3.8, 4) is 0 Å². The summed E-state index contributed by atoms with van der Waals surface area (Å²) in [6, 6.07) is 31.9. The smallest absolute Gasteiger partial charge is 0.330 e. The molecule has 0 atom stereocenters. The molecule has 0 aliphatic carbocycles. The molecule has 0 bridgehead atoms. The Kier molecular flexibility index (Phi) is 17.7. The highest BCUT2D eigenvalue weighted by atomic mass is 31.2. The van der Waals surface area contributed by atoms with Gasteiger partial charge in [-0.2, -0.15) is 0 Å². The minimum Gasteiger partial charge on any atom is -0.361 e. The van der Waals surface area contributed by atoms with Crippen molar-refractivity contribution in [2.75, 3.05) is 26.0 Å². The average Bonchev–Trinajstić information content (AvgIpc) is 3.07. The van der Waals surface area contributed by atoms with Gasteiger partial charge < -0.3 is 13.8 Å². The van der Waals surface area contributed by atoms with Gasteiger partial charge in [-0.3, -0.25) is 4.57 Å². The van der Waals surface area contributed by atoms with Gasteiger partial charge in [-0.05, 0) is 42.4 Å². The molecule has 0 heterocycles. The Hall–Kier alpha value is -2.23. The Morgan fingerprint density at radius 2 is 0.841 bits per heavy atom. The molecule has 0 saturated carbocycles. The Morgan fingerprint density at radius 1 is 0.477 bits per heavy atom. The van der Waals surface area contributed by atoms with Gasteiger partial charge in [0.2, 0.25) is 0 Å². The third kappa shape index (κ3) is 12.3. The zero-order chi connectivity index (χ0) is 31.2. The molecule has 0 fully saturated rings. The fourth-order valence-electron chi connectivity index (χ4n) is 5.68. The fourth-order valence-corrected chi connectivity index (χ4v) is 7.44. The van der Waals surface area contributed by atoms with Gasteiger partial charge in [0.05, 0.1) is 19.4 Å².